The van der Waals surface area contributed by atoms with E-state index in [1.165, 1.54) is 0 Å². The van der Waals surface area contributed by atoms with Gasteiger partial charge in [0.15, 0.2) is 0 Å². The van der Waals surface area contributed by atoms with Crippen LogP contribution in [0.3, 0.4) is 0 Å². The first-order valence-electron chi connectivity index (χ1n) is 8.36. The van der Waals surface area contributed by atoms with Crippen molar-refractivity contribution in [3.8, 4) is 0 Å². The van der Waals surface area contributed by atoms with E-state index in [9.17, 15) is 19.2 Å². The second-order valence-electron chi connectivity index (χ2n) is 6.54. The van der Waals surface area contributed by atoms with Gasteiger partial charge in [0.1, 0.15) is 0 Å². The van der Waals surface area contributed by atoms with Crippen molar-refractivity contribution < 1.29 is 0 Å². The summed E-state index contributed by atoms with van der Waals surface area (Å²) in [6.45, 7) is -0.372. The van der Waals surface area contributed by atoms with E-state index < -0.39 is 22.2 Å². The Morgan fingerprint density at radius 3 is 0.688 bits per heavy atom. The van der Waals surface area contributed by atoms with Gasteiger partial charge in [0.2, 0.25) is 0 Å². The third-order valence-corrected chi connectivity index (χ3v) is 13.4. The summed E-state index contributed by atoms with van der Waals surface area (Å²) in [5.41, 5.74) is -2.24. The molecule has 166 valence electrons. The predicted octanol–water partition coefficient (Wildman–Crippen LogP) is 6.71. The maximum absolute atomic E-state index is 13.2. The highest BCUT2D eigenvalue weighted by Gasteiger charge is 2.25. The molecule has 0 unspecified atom stereocenters. The van der Waals surface area contributed by atoms with Gasteiger partial charge in [-0.15, -0.1) is 0 Å². The first-order valence-corrected chi connectivity index (χ1v) is 14.7. The molecule has 0 aliphatic rings. The van der Waals surface area contributed by atoms with Crippen molar-refractivity contribution in [1.82, 2.24) is 9.13 Å². The third-order valence-electron chi connectivity index (χ3n) is 4.91. The summed E-state index contributed by atoms with van der Waals surface area (Å²) in [6, 6.07) is 0. The lowest BCUT2D eigenvalue weighted by Gasteiger charge is -2.03. The molecule has 4 bridgehead atoms. The Hall–Kier alpha value is 0.560. The largest absolute Gasteiger partial charge is 0.272 e. The third kappa shape index (κ3) is 3.65. The first kappa shape index (κ1) is 25.6. The number of fused-ring (bicyclic) bond motifs is 8. The molecule has 6 aromatic rings. The SMILES string of the molecule is O=c1c2c(Br)c(Br)c(c(Br)c2Br)c(=O)n1CCn1c(=O)c2c(Br)c(Br)c(c(Br)c2Br)c1=O. The normalized spacial score (nSPS) is 11.9. The molecule has 0 atom stereocenters. The minimum absolute atomic E-state index is 0.186. The molecule has 6 rings (SSSR count). The Labute approximate surface area is 245 Å². The molecule has 0 saturated carbocycles. The zero-order valence-electron chi connectivity index (χ0n) is 15.0. The molecule has 0 N–H and O–H groups in total. The van der Waals surface area contributed by atoms with Crippen molar-refractivity contribution in [2.24, 2.45) is 0 Å². The van der Waals surface area contributed by atoms with E-state index in [4.69, 9.17) is 0 Å². The van der Waals surface area contributed by atoms with Crippen LogP contribution in [-0.2, 0) is 13.1 Å². The molecule has 0 radical (unpaired) electrons. The number of benzene rings is 2. The molecule has 0 spiro atoms. The van der Waals surface area contributed by atoms with Gasteiger partial charge in [0.05, 0.1) is 21.5 Å². The highest BCUT2D eigenvalue weighted by molar-refractivity contribution is 9.14. The fraction of sp³-hybridized carbons (Fsp3) is 0.111. The van der Waals surface area contributed by atoms with E-state index in [-0.39, 0.29) is 34.6 Å². The fourth-order valence-corrected chi connectivity index (χ4v) is 8.94. The van der Waals surface area contributed by atoms with Crippen LogP contribution in [0, 0.1) is 0 Å². The molecule has 32 heavy (non-hydrogen) atoms. The van der Waals surface area contributed by atoms with Gasteiger partial charge >= 0.3 is 0 Å². The quantitative estimate of drug-likeness (QED) is 0.214. The van der Waals surface area contributed by atoms with Crippen molar-refractivity contribution in [3.63, 3.8) is 0 Å². The monoisotopic (exact) mass is 943 g/mol. The molecule has 0 aliphatic heterocycles. The number of rotatable bonds is 3. The Kier molecular flexibility index (Phi) is 7.38. The van der Waals surface area contributed by atoms with Crippen LogP contribution in [-0.4, -0.2) is 9.13 Å². The molecule has 14 heteroatoms. The molecule has 0 fully saturated rings. The van der Waals surface area contributed by atoms with Crippen LogP contribution in [0.5, 0.6) is 0 Å². The summed E-state index contributed by atoms with van der Waals surface area (Å²) >= 11 is 26.9. The molecule has 2 aromatic carbocycles. The van der Waals surface area contributed by atoms with Crippen molar-refractivity contribution >= 4 is 149 Å². The Morgan fingerprint density at radius 1 is 0.375 bits per heavy atom. The zero-order chi connectivity index (χ0) is 23.8. The maximum atomic E-state index is 13.2. The van der Waals surface area contributed by atoms with Gasteiger partial charge in [0.25, 0.3) is 22.2 Å². The van der Waals surface area contributed by atoms with Gasteiger partial charge < -0.3 is 0 Å². The van der Waals surface area contributed by atoms with Crippen molar-refractivity contribution in [3.05, 3.63) is 77.2 Å². The van der Waals surface area contributed by atoms with Crippen molar-refractivity contribution in [2.45, 2.75) is 13.1 Å². The van der Waals surface area contributed by atoms with Crippen LogP contribution in [0.15, 0.2) is 55.0 Å². The van der Waals surface area contributed by atoms with Crippen molar-refractivity contribution in [1.29, 1.82) is 0 Å². The van der Waals surface area contributed by atoms with E-state index >= 15 is 0 Å². The Bertz CT molecular complexity index is 1390. The first-order chi connectivity index (χ1) is 14.9. The number of hydrogen-bond acceptors (Lipinski definition) is 4. The molecular weight excluding hydrogens is 947 g/mol. The van der Waals surface area contributed by atoms with E-state index in [1.54, 1.807) is 0 Å². The summed E-state index contributed by atoms with van der Waals surface area (Å²) in [6.07, 6.45) is 0. The molecule has 0 saturated heterocycles. The van der Waals surface area contributed by atoms with E-state index in [1.807, 2.05) is 0 Å². The van der Waals surface area contributed by atoms with Gasteiger partial charge in [0, 0.05) is 48.9 Å². The average Bonchev–Trinajstić information content (AvgIpc) is 2.91. The smallest absolute Gasteiger partial charge is 0.263 e. The van der Waals surface area contributed by atoms with Gasteiger partial charge in [-0.3, -0.25) is 28.3 Å². The number of halogens is 8. The Morgan fingerprint density at radius 2 is 0.531 bits per heavy atom. The Balaban J connectivity index is 2.00. The number of hydrogen-bond donors (Lipinski definition) is 0. The van der Waals surface area contributed by atoms with Gasteiger partial charge in [-0.05, 0) is 127 Å². The highest BCUT2D eigenvalue weighted by Crippen LogP contribution is 2.42. The minimum Gasteiger partial charge on any atom is -0.272 e. The van der Waals surface area contributed by atoms with Crippen LogP contribution < -0.4 is 22.2 Å². The molecule has 0 aliphatic carbocycles. The number of nitrogens with zero attached hydrogens (tertiary/aromatic N) is 2. The van der Waals surface area contributed by atoms with Crippen LogP contribution in [0.4, 0.5) is 0 Å². The predicted molar refractivity (Wildman–Crippen MR) is 153 cm³/mol. The lowest BCUT2D eigenvalue weighted by atomic mass is 10.2. The lowest BCUT2D eigenvalue weighted by molar-refractivity contribution is 0.542. The van der Waals surface area contributed by atoms with E-state index in [2.05, 4.69) is 127 Å². The summed E-state index contributed by atoms with van der Waals surface area (Å²) in [5, 5.41) is 0.981. The summed E-state index contributed by atoms with van der Waals surface area (Å²) in [5.74, 6) is 0. The molecule has 0 amide bonds. The van der Waals surface area contributed by atoms with E-state index in [0.29, 0.717) is 35.8 Å². The second kappa shape index (κ2) is 9.21. The van der Waals surface area contributed by atoms with Crippen molar-refractivity contribution in [2.75, 3.05) is 0 Å². The fourth-order valence-electron chi connectivity index (χ4n) is 3.34. The lowest BCUT2D eigenvalue weighted by Crippen LogP contribution is -2.36. The van der Waals surface area contributed by atoms with E-state index in [0.717, 1.165) is 9.13 Å². The number of aromatic nitrogens is 2. The van der Waals surface area contributed by atoms with Crippen LogP contribution in [0.2, 0.25) is 0 Å². The van der Waals surface area contributed by atoms with Gasteiger partial charge in [-0.1, -0.05) is 0 Å². The zero-order valence-corrected chi connectivity index (χ0v) is 27.7. The molecule has 6 nitrogen and oxygen atoms in total. The summed E-state index contributed by atoms with van der Waals surface area (Å²) in [7, 11) is 0. The van der Waals surface area contributed by atoms with Gasteiger partial charge in [-0.25, -0.2) is 0 Å². The minimum atomic E-state index is -0.561. The maximum Gasteiger partial charge on any atom is 0.263 e. The summed E-state index contributed by atoms with van der Waals surface area (Å²) < 4.78 is 5.51. The molecule has 4 heterocycles. The second-order valence-corrected chi connectivity index (χ2v) is 12.9. The topological polar surface area (TPSA) is 78.1 Å². The van der Waals surface area contributed by atoms with Gasteiger partial charge in [-0.2, -0.15) is 0 Å². The van der Waals surface area contributed by atoms with Crippen LogP contribution in [0.25, 0.3) is 21.5 Å². The molecular formula is C18H4Br8N2O4. The average molecular weight is 951 g/mol. The molecule has 4 aromatic heterocycles. The standard InChI is InChI=1S/C18H4Br8N2O4/c19-7-3-8(20)10(22)4(9(7)21)16(30)27(15(3)29)1-2-28-17(31)5-11(23)13(25)6(18(28)32)14(26)12(5)24/h1-2H2. The summed E-state index contributed by atoms with van der Waals surface area (Å²) in [4.78, 5) is 52.9. The van der Waals surface area contributed by atoms with Crippen LogP contribution in [0.1, 0.15) is 0 Å². The highest BCUT2D eigenvalue weighted by atomic mass is 79.9. The van der Waals surface area contributed by atoms with Crippen LogP contribution >= 0.6 is 127 Å².